The second kappa shape index (κ2) is 4.41. The number of aromatic amines is 1. The van der Waals surface area contributed by atoms with Crippen molar-refractivity contribution in [1.29, 1.82) is 0 Å². The van der Waals surface area contributed by atoms with E-state index in [9.17, 15) is 0 Å². The van der Waals surface area contributed by atoms with Gasteiger partial charge in [-0.05, 0) is 12.5 Å². The van der Waals surface area contributed by atoms with Gasteiger partial charge in [0.1, 0.15) is 11.6 Å². The molecule has 0 saturated heterocycles. The van der Waals surface area contributed by atoms with Gasteiger partial charge in [-0.25, -0.2) is 4.98 Å². The van der Waals surface area contributed by atoms with Crippen molar-refractivity contribution in [2.45, 2.75) is 18.2 Å². The molecular formula is C13H13ClN2O. The molecule has 0 bridgehead atoms. The summed E-state index contributed by atoms with van der Waals surface area (Å²) in [5, 5.41) is 0. The number of hydrogen-bond donors (Lipinski definition) is 1. The van der Waals surface area contributed by atoms with Crippen molar-refractivity contribution in [2.75, 3.05) is 6.61 Å². The number of imidazole rings is 1. The van der Waals surface area contributed by atoms with E-state index in [0.717, 1.165) is 30.3 Å². The van der Waals surface area contributed by atoms with Crippen molar-refractivity contribution in [3.63, 3.8) is 0 Å². The highest BCUT2D eigenvalue weighted by molar-refractivity contribution is 6.16. The van der Waals surface area contributed by atoms with Crippen molar-refractivity contribution in [3.05, 3.63) is 47.5 Å². The van der Waals surface area contributed by atoms with Gasteiger partial charge in [0.15, 0.2) is 0 Å². The number of fused-ring (bicyclic) bond motifs is 1. The van der Waals surface area contributed by atoms with E-state index in [1.807, 2.05) is 18.2 Å². The topological polar surface area (TPSA) is 37.9 Å². The number of H-pyrrole nitrogens is 1. The van der Waals surface area contributed by atoms with Crippen LogP contribution in [0.2, 0.25) is 0 Å². The number of nitrogens with zero attached hydrogens (tertiary/aromatic N) is 1. The van der Waals surface area contributed by atoms with E-state index >= 15 is 0 Å². The van der Waals surface area contributed by atoms with E-state index in [0.29, 0.717) is 5.88 Å². The van der Waals surface area contributed by atoms with Crippen molar-refractivity contribution < 1.29 is 4.74 Å². The standard InChI is InChI=1S/C13H13ClN2O/c14-7-9-8-15-13(16-9)11-5-6-17-12-4-2-1-3-10(11)12/h1-4,8,11H,5-7H2,(H,15,16). The third kappa shape index (κ3) is 1.91. The largest absolute Gasteiger partial charge is 0.493 e. The second-order valence-electron chi connectivity index (χ2n) is 4.15. The summed E-state index contributed by atoms with van der Waals surface area (Å²) in [7, 11) is 0. The molecule has 1 aliphatic rings. The molecule has 2 aromatic rings. The van der Waals surface area contributed by atoms with Gasteiger partial charge in [-0.1, -0.05) is 18.2 Å². The summed E-state index contributed by atoms with van der Waals surface area (Å²) in [6.07, 6.45) is 2.76. The Bertz CT molecular complexity index is 524. The summed E-state index contributed by atoms with van der Waals surface area (Å²) in [6.45, 7) is 0.735. The summed E-state index contributed by atoms with van der Waals surface area (Å²) in [5.74, 6) is 2.71. The zero-order valence-electron chi connectivity index (χ0n) is 9.32. The maximum atomic E-state index is 5.78. The van der Waals surface area contributed by atoms with Crippen LogP contribution in [0.5, 0.6) is 5.75 Å². The van der Waals surface area contributed by atoms with Crippen molar-refractivity contribution in [2.24, 2.45) is 0 Å². The lowest BCUT2D eigenvalue weighted by molar-refractivity contribution is 0.274. The van der Waals surface area contributed by atoms with E-state index in [2.05, 4.69) is 16.0 Å². The summed E-state index contributed by atoms with van der Waals surface area (Å²) >= 11 is 5.78. The Balaban J connectivity index is 1.99. The first kappa shape index (κ1) is 10.7. The van der Waals surface area contributed by atoms with Gasteiger partial charge < -0.3 is 9.72 Å². The predicted molar refractivity (Wildman–Crippen MR) is 66.5 cm³/mol. The molecule has 3 nitrogen and oxygen atoms in total. The number of rotatable bonds is 2. The zero-order valence-corrected chi connectivity index (χ0v) is 10.1. The van der Waals surface area contributed by atoms with Gasteiger partial charge in [0, 0.05) is 23.4 Å². The molecule has 1 aromatic carbocycles. The minimum Gasteiger partial charge on any atom is -0.493 e. The first-order valence-electron chi connectivity index (χ1n) is 5.70. The average molecular weight is 249 g/mol. The molecule has 1 atom stereocenters. The van der Waals surface area contributed by atoms with Crippen LogP contribution in [0.25, 0.3) is 0 Å². The Kier molecular flexibility index (Phi) is 2.77. The first-order valence-corrected chi connectivity index (χ1v) is 6.23. The van der Waals surface area contributed by atoms with Crippen LogP contribution < -0.4 is 4.74 Å². The summed E-state index contributed by atoms with van der Waals surface area (Å²) in [6, 6.07) is 8.13. The van der Waals surface area contributed by atoms with Crippen molar-refractivity contribution in [1.82, 2.24) is 9.97 Å². The van der Waals surface area contributed by atoms with E-state index in [1.54, 1.807) is 6.20 Å². The third-order valence-corrected chi connectivity index (χ3v) is 3.37. The van der Waals surface area contributed by atoms with Gasteiger partial charge >= 0.3 is 0 Å². The molecule has 1 N–H and O–H groups in total. The van der Waals surface area contributed by atoms with E-state index in [-0.39, 0.29) is 5.92 Å². The highest BCUT2D eigenvalue weighted by atomic mass is 35.5. The highest BCUT2D eigenvalue weighted by Gasteiger charge is 2.24. The van der Waals surface area contributed by atoms with Gasteiger partial charge in [-0.3, -0.25) is 0 Å². The van der Waals surface area contributed by atoms with E-state index in [1.165, 1.54) is 5.56 Å². The third-order valence-electron chi connectivity index (χ3n) is 3.08. The normalized spacial score (nSPS) is 18.5. The lowest BCUT2D eigenvalue weighted by Gasteiger charge is -2.24. The maximum Gasteiger partial charge on any atom is 0.123 e. The van der Waals surface area contributed by atoms with Gasteiger partial charge in [0.05, 0.1) is 12.5 Å². The van der Waals surface area contributed by atoms with E-state index < -0.39 is 0 Å². The fourth-order valence-corrected chi connectivity index (χ4v) is 2.38. The molecule has 0 radical (unpaired) electrons. The Labute approximate surface area is 105 Å². The van der Waals surface area contributed by atoms with Crippen LogP contribution in [0.1, 0.15) is 29.4 Å². The average Bonchev–Trinajstić information content (AvgIpc) is 2.87. The molecular weight excluding hydrogens is 236 g/mol. The molecule has 0 amide bonds. The first-order chi connectivity index (χ1) is 8.38. The number of benzene rings is 1. The minimum atomic E-state index is 0.289. The van der Waals surface area contributed by atoms with Crippen LogP contribution in [0.3, 0.4) is 0 Å². The van der Waals surface area contributed by atoms with Crippen molar-refractivity contribution >= 4 is 11.6 Å². The molecule has 0 aliphatic carbocycles. The van der Waals surface area contributed by atoms with Crippen LogP contribution >= 0.6 is 11.6 Å². The molecule has 1 aromatic heterocycles. The Morgan fingerprint density at radius 1 is 1.41 bits per heavy atom. The lowest BCUT2D eigenvalue weighted by atomic mass is 9.92. The smallest absolute Gasteiger partial charge is 0.123 e. The number of hydrogen-bond acceptors (Lipinski definition) is 2. The minimum absolute atomic E-state index is 0.289. The van der Waals surface area contributed by atoms with Crippen molar-refractivity contribution in [3.8, 4) is 5.75 Å². The zero-order chi connectivity index (χ0) is 11.7. The molecule has 1 unspecified atom stereocenters. The van der Waals surface area contributed by atoms with Crippen LogP contribution in [0.4, 0.5) is 0 Å². The van der Waals surface area contributed by atoms with E-state index in [4.69, 9.17) is 16.3 Å². The number of aromatic nitrogens is 2. The number of halogens is 1. The Morgan fingerprint density at radius 2 is 2.29 bits per heavy atom. The quantitative estimate of drug-likeness (QED) is 0.830. The number of alkyl halides is 1. The van der Waals surface area contributed by atoms with Crippen LogP contribution in [-0.2, 0) is 5.88 Å². The molecule has 0 fully saturated rings. The predicted octanol–water partition coefficient (Wildman–Crippen LogP) is 3.06. The fourth-order valence-electron chi connectivity index (χ4n) is 2.25. The Morgan fingerprint density at radius 3 is 3.12 bits per heavy atom. The molecule has 0 saturated carbocycles. The Hall–Kier alpha value is -1.48. The highest BCUT2D eigenvalue weighted by Crippen LogP contribution is 2.36. The molecule has 2 heterocycles. The molecule has 3 rings (SSSR count). The summed E-state index contributed by atoms with van der Waals surface area (Å²) in [4.78, 5) is 7.69. The van der Waals surface area contributed by atoms with Gasteiger partial charge in [0.25, 0.3) is 0 Å². The molecule has 1 aliphatic heterocycles. The second-order valence-corrected chi connectivity index (χ2v) is 4.42. The SMILES string of the molecule is ClCc1cnc(C2CCOc3ccccc32)[nH]1. The molecule has 4 heteroatoms. The van der Waals surface area contributed by atoms with Gasteiger partial charge in [0.2, 0.25) is 0 Å². The van der Waals surface area contributed by atoms with Gasteiger partial charge in [-0.15, -0.1) is 11.6 Å². The molecule has 17 heavy (non-hydrogen) atoms. The lowest BCUT2D eigenvalue weighted by Crippen LogP contribution is -2.16. The number of ether oxygens (including phenoxy) is 1. The number of nitrogens with one attached hydrogen (secondary N) is 1. The van der Waals surface area contributed by atoms with Gasteiger partial charge in [-0.2, -0.15) is 0 Å². The monoisotopic (exact) mass is 248 g/mol. The number of para-hydroxylation sites is 1. The van der Waals surface area contributed by atoms with Crippen LogP contribution in [0, 0.1) is 0 Å². The molecule has 88 valence electrons. The van der Waals surface area contributed by atoms with Crippen LogP contribution in [-0.4, -0.2) is 16.6 Å². The summed E-state index contributed by atoms with van der Waals surface area (Å²) < 4.78 is 5.64. The fraction of sp³-hybridized carbons (Fsp3) is 0.308. The van der Waals surface area contributed by atoms with Crippen LogP contribution in [0.15, 0.2) is 30.5 Å². The molecule has 0 spiro atoms. The maximum absolute atomic E-state index is 5.78. The summed E-state index contributed by atoms with van der Waals surface area (Å²) in [5.41, 5.74) is 2.17.